The average Bonchev–Trinajstić information content (AvgIpc) is 2.71. The predicted molar refractivity (Wildman–Crippen MR) is 66.6 cm³/mol. The van der Waals surface area contributed by atoms with Gasteiger partial charge in [0, 0.05) is 0 Å². The second-order valence-corrected chi connectivity index (χ2v) is 6.75. The minimum absolute atomic E-state index is 0.0914. The molecule has 0 N–H and O–H groups in total. The topological polar surface area (TPSA) is 30.2 Å². The molecule has 5 heteroatoms. The van der Waals surface area contributed by atoms with E-state index in [0.717, 1.165) is 13.1 Å². The van der Waals surface area contributed by atoms with Crippen LogP contribution in [0.1, 0.15) is 21.7 Å². The predicted octanol–water partition coefficient (Wildman–Crippen LogP) is 4.41. The molecule has 0 spiro atoms. The summed E-state index contributed by atoms with van der Waals surface area (Å²) in [6, 6.07) is 3.57. The lowest BCUT2D eigenvalue weighted by Crippen LogP contribution is -2.00. The maximum absolute atomic E-state index is 12.0. The fourth-order valence-electron chi connectivity index (χ4n) is 1.22. The van der Waals surface area contributed by atoms with E-state index in [0.29, 0.717) is 11.3 Å². The van der Waals surface area contributed by atoms with Gasteiger partial charge < -0.3 is 4.42 Å². The van der Waals surface area contributed by atoms with E-state index in [9.17, 15) is 4.79 Å². The maximum Gasteiger partial charge on any atom is 0.230 e. The molecule has 0 aliphatic rings. The molecule has 2 heterocycles. The van der Waals surface area contributed by atoms with Gasteiger partial charge >= 0.3 is 0 Å². The van der Waals surface area contributed by atoms with Crippen molar-refractivity contribution in [3.05, 3.63) is 42.9 Å². The summed E-state index contributed by atoms with van der Waals surface area (Å²) in [6.45, 7) is 1.85. The van der Waals surface area contributed by atoms with Crippen molar-refractivity contribution < 1.29 is 9.21 Å². The zero-order valence-electron chi connectivity index (χ0n) is 7.71. The van der Waals surface area contributed by atoms with Gasteiger partial charge in [-0.25, -0.2) is 0 Å². The molecular weight excluding hydrogens is 344 g/mol. The lowest BCUT2D eigenvalue weighted by atomic mass is 10.1. The van der Waals surface area contributed by atoms with E-state index < -0.39 is 0 Å². The normalized spacial score (nSPS) is 10.6. The van der Waals surface area contributed by atoms with Gasteiger partial charge in [-0.2, -0.15) is 0 Å². The molecule has 0 aliphatic carbocycles. The first-order valence-corrected chi connectivity index (χ1v) is 6.53. The van der Waals surface area contributed by atoms with Crippen LogP contribution >= 0.6 is 43.2 Å². The van der Waals surface area contributed by atoms with Crippen LogP contribution in [0.5, 0.6) is 0 Å². The zero-order valence-corrected chi connectivity index (χ0v) is 11.7. The van der Waals surface area contributed by atoms with Gasteiger partial charge in [0.05, 0.1) is 19.4 Å². The Balaban J connectivity index is 2.45. The fraction of sp³-hybridized carbons (Fsp3) is 0.100. The Morgan fingerprint density at radius 3 is 2.67 bits per heavy atom. The Kier molecular flexibility index (Phi) is 3.13. The minimum Gasteiger partial charge on any atom is -0.461 e. The number of hydrogen-bond donors (Lipinski definition) is 0. The van der Waals surface area contributed by atoms with Gasteiger partial charge in [0.2, 0.25) is 5.78 Å². The number of hydrogen-bond acceptors (Lipinski definition) is 3. The molecule has 0 unspecified atom stereocenters. The van der Waals surface area contributed by atoms with Gasteiger partial charge in [-0.05, 0) is 56.5 Å². The molecule has 0 saturated carbocycles. The van der Waals surface area contributed by atoms with Crippen LogP contribution in [-0.4, -0.2) is 5.78 Å². The number of aryl methyl sites for hydroxylation is 1. The number of thiophene rings is 1. The van der Waals surface area contributed by atoms with Crippen LogP contribution in [0, 0.1) is 6.92 Å². The second kappa shape index (κ2) is 4.23. The summed E-state index contributed by atoms with van der Waals surface area (Å²) in [4.78, 5) is 12.0. The maximum atomic E-state index is 12.0. The first-order chi connectivity index (χ1) is 7.09. The minimum atomic E-state index is -0.0914. The largest absolute Gasteiger partial charge is 0.461 e. The molecule has 78 valence electrons. The highest BCUT2D eigenvalue weighted by Crippen LogP contribution is 2.33. The van der Waals surface area contributed by atoms with Gasteiger partial charge in [0.25, 0.3) is 0 Å². The van der Waals surface area contributed by atoms with Gasteiger partial charge in [-0.15, -0.1) is 11.3 Å². The summed E-state index contributed by atoms with van der Waals surface area (Å²) in [5.41, 5.74) is 1.49. The van der Waals surface area contributed by atoms with E-state index in [1.54, 1.807) is 12.1 Å². The molecule has 15 heavy (non-hydrogen) atoms. The van der Waals surface area contributed by atoms with Crippen molar-refractivity contribution in [3.8, 4) is 0 Å². The lowest BCUT2D eigenvalue weighted by molar-refractivity contribution is 0.101. The standard InChI is InChI=1S/C10H6Br2O2S/c1-5-2-3-14-9(5)8(13)6-4-7(11)15-10(6)12/h2-4H,1H3. The van der Waals surface area contributed by atoms with Gasteiger partial charge in [0.1, 0.15) is 0 Å². The SMILES string of the molecule is Cc1ccoc1C(=O)c1cc(Br)sc1Br. The third-order valence-electron chi connectivity index (χ3n) is 1.97. The van der Waals surface area contributed by atoms with Crippen molar-refractivity contribution in [2.75, 3.05) is 0 Å². The molecule has 0 atom stereocenters. The Morgan fingerprint density at radius 2 is 2.20 bits per heavy atom. The zero-order chi connectivity index (χ0) is 11.0. The molecular formula is C10H6Br2O2S. The van der Waals surface area contributed by atoms with E-state index in [4.69, 9.17) is 4.42 Å². The first kappa shape index (κ1) is 11.1. The smallest absolute Gasteiger partial charge is 0.230 e. The Morgan fingerprint density at radius 1 is 1.47 bits per heavy atom. The highest BCUT2D eigenvalue weighted by molar-refractivity contribution is 9.12. The molecule has 2 rings (SSSR count). The van der Waals surface area contributed by atoms with E-state index in [2.05, 4.69) is 31.9 Å². The van der Waals surface area contributed by atoms with Gasteiger partial charge in [-0.1, -0.05) is 0 Å². The summed E-state index contributed by atoms with van der Waals surface area (Å²) in [5, 5.41) is 0. The highest BCUT2D eigenvalue weighted by Gasteiger charge is 2.19. The molecule has 0 radical (unpaired) electrons. The van der Waals surface area contributed by atoms with Crippen molar-refractivity contribution >= 4 is 49.0 Å². The molecule has 0 amide bonds. The quantitative estimate of drug-likeness (QED) is 0.752. The summed E-state index contributed by atoms with van der Waals surface area (Å²) >= 11 is 8.16. The molecule has 2 aromatic heterocycles. The van der Waals surface area contributed by atoms with E-state index in [-0.39, 0.29) is 5.78 Å². The van der Waals surface area contributed by atoms with Crippen molar-refractivity contribution in [2.24, 2.45) is 0 Å². The summed E-state index contributed by atoms with van der Waals surface area (Å²) in [6.07, 6.45) is 1.53. The average molecular weight is 350 g/mol. The summed E-state index contributed by atoms with van der Waals surface area (Å²) in [5.74, 6) is 0.312. The third kappa shape index (κ3) is 2.09. The molecule has 0 aliphatic heterocycles. The number of carbonyl (C=O) groups is 1. The molecule has 0 aromatic carbocycles. The van der Waals surface area contributed by atoms with Crippen LogP contribution < -0.4 is 0 Å². The molecule has 2 nitrogen and oxygen atoms in total. The van der Waals surface area contributed by atoms with Crippen molar-refractivity contribution in [1.82, 2.24) is 0 Å². The fourth-order valence-corrected chi connectivity index (χ4v) is 4.02. The van der Waals surface area contributed by atoms with Crippen LogP contribution in [0.15, 0.2) is 30.4 Å². The van der Waals surface area contributed by atoms with Crippen LogP contribution in [-0.2, 0) is 0 Å². The monoisotopic (exact) mass is 348 g/mol. The van der Waals surface area contributed by atoms with E-state index in [1.165, 1.54) is 17.6 Å². The van der Waals surface area contributed by atoms with Crippen LogP contribution in [0.2, 0.25) is 0 Å². The Hall–Kier alpha value is -0.390. The van der Waals surface area contributed by atoms with Crippen LogP contribution in [0.25, 0.3) is 0 Å². The molecule has 2 aromatic rings. The van der Waals surface area contributed by atoms with Crippen LogP contribution in [0.4, 0.5) is 0 Å². The van der Waals surface area contributed by atoms with E-state index >= 15 is 0 Å². The number of furan rings is 1. The van der Waals surface area contributed by atoms with E-state index in [1.807, 2.05) is 6.92 Å². The highest BCUT2D eigenvalue weighted by atomic mass is 79.9. The summed E-state index contributed by atoms with van der Waals surface area (Å²) in [7, 11) is 0. The second-order valence-electron chi connectivity index (χ2n) is 3.00. The number of rotatable bonds is 2. The Labute approximate surface area is 108 Å². The first-order valence-electron chi connectivity index (χ1n) is 4.13. The molecule has 0 bridgehead atoms. The Bertz CT molecular complexity index is 513. The van der Waals surface area contributed by atoms with Gasteiger partial charge in [-0.3, -0.25) is 4.79 Å². The van der Waals surface area contributed by atoms with Crippen molar-refractivity contribution in [1.29, 1.82) is 0 Å². The third-order valence-corrected chi connectivity index (χ3v) is 4.31. The van der Waals surface area contributed by atoms with Gasteiger partial charge in [0.15, 0.2) is 5.76 Å². The molecule has 0 saturated heterocycles. The number of carbonyl (C=O) groups excluding carboxylic acids is 1. The molecule has 0 fully saturated rings. The van der Waals surface area contributed by atoms with Crippen LogP contribution in [0.3, 0.4) is 0 Å². The lowest BCUT2D eigenvalue weighted by Gasteiger charge is -1.96. The van der Waals surface area contributed by atoms with Crippen molar-refractivity contribution in [3.63, 3.8) is 0 Å². The van der Waals surface area contributed by atoms with Crippen molar-refractivity contribution in [2.45, 2.75) is 6.92 Å². The summed E-state index contributed by atoms with van der Waals surface area (Å²) < 4.78 is 6.90. The number of halogens is 2. The number of ketones is 1.